The standard InChI is InChI=1S/C9H7F3O/c1-2-3-5-7(13)4-6(10)9(12)8(5)11/h2,4,13H,1,3H2. The minimum atomic E-state index is -1.57. The van der Waals surface area contributed by atoms with Gasteiger partial charge in [-0.3, -0.25) is 0 Å². The van der Waals surface area contributed by atoms with Crippen molar-refractivity contribution in [1.82, 2.24) is 0 Å². The Balaban J connectivity index is 3.34. The summed E-state index contributed by atoms with van der Waals surface area (Å²) in [6.45, 7) is 3.30. The zero-order valence-corrected chi connectivity index (χ0v) is 6.65. The normalized spacial score (nSPS) is 10.1. The van der Waals surface area contributed by atoms with E-state index in [4.69, 9.17) is 5.11 Å². The fourth-order valence-electron chi connectivity index (χ4n) is 0.959. The monoisotopic (exact) mass is 188 g/mol. The van der Waals surface area contributed by atoms with Gasteiger partial charge in [0.2, 0.25) is 0 Å². The van der Waals surface area contributed by atoms with Crippen molar-refractivity contribution in [1.29, 1.82) is 0 Å². The molecule has 4 heteroatoms. The Morgan fingerprint density at radius 3 is 2.46 bits per heavy atom. The van der Waals surface area contributed by atoms with Crippen LogP contribution in [0.15, 0.2) is 18.7 Å². The van der Waals surface area contributed by atoms with Crippen LogP contribution in [-0.2, 0) is 6.42 Å². The van der Waals surface area contributed by atoms with Gasteiger partial charge in [0, 0.05) is 11.6 Å². The molecule has 70 valence electrons. The van der Waals surface area contributed by atoms with Crippen LogP contribution in [-0.4, -0.2) is 5.11 Å². The number of aromatic hydroxyl groups is 1. The molecule has 0 aliphatic rings. The number of halogens is 3. The molecule has 13 heavy (non-hydrogen) atoms. The van der Waals surface area contributed by atoms with Gasteiger partial charge in [-0.25, -0.2) is 13.2 Å². The van der Waals surface area contributed by atoms with Crippen LogP contribution in [0, 0.1) is 17.5 Å². The molecule has 1 aromatic rings. The predicted octanol–water partition coefficient (Wildman–Crippen LogP) is 2.54. The van der Waals surface area contributed by atoms with Crippen LogP contribution in [0.4, 0.5) is 13.2 Å². The highest BCUT2D eigenvalue weighted by Crippen LogP contribution is 2.25. The van der Waals surface area contributed by atoms with Crippen LogP contribution in [0.3, 0.4) is 0 Å². The van der Waals surface area contributed by atoms with E-state index in [0.29, 0.717) is 6.07 Å². The molecular formula is C9H7F3O. The molecule has 0 spiro atoms. The number of rotatable bonds is 2. The van der Waals surface area contributed by atoms with E-state index in [1.165, 1.54) is 6.08 Å². The van der Waals surface area contributed by atoms with Gasteiger partial charge >= 0.3 is 0 Å². The first-order valence-electron chi connectivity index (χ1n) is 3.54. The zero-order chi connectivity index (χ0) is 10.0. The van der Waals surface area contributed by atoms with Gasteiger partial charge in [0.25, 0.3) is 0 Å². The van der Waals surface area contributed by atoms with Crippen molar-refractivity contribution in [2.24, 2.45) is 0 Å². The quantitative estimate of drug-likeness (QED) is 0.558. The van der Waals surface area contributed by atoms with Crippen molar-refractivity contribution in [3.63, 3.8) is 0 Å². The van der Waals surface area contributed by atoms with Gasteiger partial charge in [0.1, 0.15) is 5.75 Å². The molecule has 0 amide bonds. The Bertz CT molecular complexity index is 347. The van der Waals surface area contributed by atoms with Crippen LogP contribution in [0.1, 0.15) is 5.56 Å². The minimum absolute atomic E-state index is 0.0468. The third-order valence-electron chi connectivity index (χ3n) is 1.59. The molecule has 1 N–H and O–H groups in total. The minimum Gasteiger partial charge on any atom is -0.507 e. The number of hydrogen-bond acceptors (Lipinski definition) is 1. The first-order chi connectivity index (χ1) is 6.07. The summed E-state index contributed by atoms with van der Waals surface area (Å²) in [7, 11) is 0. The van der Waals surface area contributed by atoms with Crippen LogP contribution < -0.4 is 0 Å². The van der Waals surface area contributed by atoms with Crippen LogP contribution in [0.2, 0.25) is 0 Å². The molecule has 0 saturated heterocycles. The lowest BCUT2D eigenvalue weighted by molar-refractivity contribution is 0.411. The first-order valence-corrected chi connectivity index (χ1v) is 3.54. The first kappa shape index (κ1) is 9.64. The fraction of sp³-hybridized carbons (Fsp3) is 0.111. The molecule has 1 nitrogen and oxygen atoms in total. The van der Waals surface area contributed by atoms with Crippen molar-refractivity contribution in [3.05, 3.63) is 41.7 Å². The van der Waals surface area contributed by atoms with Gasteiger partial charge < -0.3 is 5.11 Å². The summed E-state index contributed by atoms with van der Waals surface area (Å²) in [5.74, 6) is -4.94. The van der Waals surface area contributed by atoms with Crippen molar-refractivity contribution in [3.8, 4) is 5.75 Å². The summed E-state index contributed by atoms with van der Waals surface area (Å²) < 4.78 is 37.9. The summed E-state index contributed by atoms with van der Waals surface area (Å²) in [5.41, 5.74) is -0.283. The highest BCUT2D eigenvalue weighted by atomic mass is 19.2. The van der Waals surface area contributed by atoms with E-state index >= 15 is 0 Å². The van der Waals surface area contributed by atoms with E-state index in [9.17, 15) is 13.2 Å². The third kappa shape index (κ3) is 1.66. The lowest BCUT2D eigenvalue weighted by atomic mass is 10.1. The SMILES string of the molecule is C=CCc1c(O)cc(F)c(F)c1F. The van der Waals surface area contributed by atoms with Gasteiger partial charge in [-0.15, -0.1) is 6.58 Å². The van der Waals surface area contributed by atoms with Crippen LogP contribution in [0.5, 0.6) is 5.75 Å². The van der Waals surface area contributed by atoms with E-state index in [1.807, 2.05) is 0 Å². The third-order valence-corrected chi connectivity index (χ3v) is 1.59. The van der Waals surface area contributed by atoms with Gasteiger partial charge in [-0.2, -0.15) is 0 Å². The van der Waals surface area contributed by atoms with Crippen LogP contribution >= 0.6 is 0 Å². The molecular weight excluding hydrogens is 181 g/mol. The highest BCUT2D eigenvalue weighted by molar-refractivity contribution is 5.36. The molecule has 0 bridgehead atoms. The summed E-state index contributed by atoms with van der Waals surface area (Å²) >= 11 is 0. The number of phenolic OH excluding ortho intramolecular Hbond substituents is 1. The van der Waals surface area contributed by atoms with Crippen molar-refractivity contribution >= 4 is 0 Å². The number of allylic oxidation sites excluding steroid dienone is 1. The maximum atomic E-state index is 12.9. The Morgan fingerprint density at radius 2 is 1.92 bits per heavy atom. The molecule has 0 heterocycles. The Labute approximate surface area is 73.1 Å². The predicted molar refractivity (Wildman–Crippen MR) is 41.9 cm³/mol. The average molecular weight is 188 g/mol. The van der Waals surface area contributed by atoms with E-state index in [2.05, 4.69) is 6.58 Å². The van der Waals surface area contributed by atoms with E-state index in [-0.39, 0.29) is 12.0 Å². The molecule has 1 rings (SSSR count). The molecule has 0 unspecified atom stereocenters. The van der Waals surface area contributed by atoms with Gasteiger partial charge in [0.05, 0.1) is 0 Å². The highest BCUT2D eigenvalue weighted by Gasteiger charge is 2.16. The number of hydrogen-bond donors (Lipinski definition) is 1. The molecule has 0 aromatic heterocycles. The largest absolute Gasteiger partial charge is 0.507 e. The lowest BCUT2D eigenvalue weighted by Crippen LogP contribution is -1.97. The van der Waals surface area contributed by atoms with Gasteiger partial charge in [-0.05, 0) is 6.42 Å². The van der Waals surface area contributed by atoms with Gasteiger partial charge in [0.15, 0.2) is 17.5 Å². The topological polar surface area (TPSA) is 20.2 Å². The molecule has 0 radical (unpaired) electrons. The molecule has 0 atom stereocenters. The van der Waals surface area contributed by atoms with E-state index in [0.717, 1.165) is 0 Å². The number of benzene rings is 1. The summed E-state index contributed by atoms with van der Waals surface area (Å²) in [6.07, 6.45) is 1.24. The smallest absolute Gasteiger partial charge is 0.194 e. The maximum Gasteiger partial charge on any atom is 0.194 e. The van der Waals surface area contributed by atoms with E-state index in [1.54, 1.807) is 0 Å². The number of phenols is 1. The van der Waals surface area contributed by atoms with Crippen LogP contribution in [0.25, 0.3) is 0 Å². The summed E-state index contributed by atoms with van der Waals surface area (Å²) in [4.78, 5) is 0. The Hall–Kier alpha value is -1.45. The van der Waals surface area contributed by atoms with Crippen molar-refractivity contribution in [2.75, 3.05) is 0 Å². The average Bonchev–Trinajstić information content (AvgIpc) is 2.09. The molecule has 0 fully saturated rings. The molecule has 0 saturated carbocycles. The second-order valence-electron chi connectivity index (χ2n) is 2.48. The zero-order valence-electron chi connectivity index (χ0n) is 6.65. The molecule has 0 aliphatic heterocycles. The Kier molecular flexibility index (Phi) is 2.60. The molecule has 1 aromatic carbocycles. The fourth-order valence-corrected chi connectivity index (χ4v) is 0.959. The second-order valence-corrected chi connectivity index (χ2v) is 2.48. The van der Waals surface area contributed by atoms with E-state index < -0.39 is 23.2 Å². The Morgan fingerprint density at radius 1 is 1.31 bits per heavy atom. The van der Waals surface area contributed by atoms with Crippen molar-refractivity contribution in [2.45, 2.75) is 6.42 Å². The summed E-state index contributed by atoms with van der Waals surface area (Å²) in [5, 5.41) is 9.03. The lowest BCUT2D eigenvalue weighted by Gasteiger charge is -2.04. The molecule has 0 aliphatic carbocycles. The van der Waals surface area contributed by atoms with Gasteiger partial charge in [-0.1, -0.05) is 6.08 Å². The summed E-state index contributed by atoms with van der Waals surface area (Å²) in [6, 6.07) is 0.539. The maximum absolute atomic E-state index is 12.9. The second kappa shape index (κ2) is 3.51. The van der Waals surface area contributed by atoms with Crippen molar-refractivity contribution < 1.29 is 18.3 Å².